The molecule has 2 atom stereocenters. The number of hydrogen-bond acceptors (Lipinski definition) is 9. The summed E-state index contributed by atoms with van der Waals surface area (Å²) in [5.41, 5.74) is 4.87. The lowest BCUT2D eigenvalue weighted by Crippen LogP contribution is -2.34. The molecule has 0 saturated carbocycles. The van der Waals surface area contributed by atoms with E-state index in [2.05, 4.69) is 5.32 Å². The van der Waals surface area contributed by atoms with Crippen molar-refractivity contribution in [2.75, 3.05) is 46.2 Å². The molecule has 0 heterocycles. The number of hydrogen-bond donors (Lipinski definition) is 6. The predicted octanol–water partition coefficient (Wildman–Crippen LogP) is -2.04. The fraction of sp³-hybridized carbons (Fsp3) is 0.786. The Kier molecular flexibility index (Phi) is 13.4. The van der Waals surface area contributed by atoms with Gasteiger partial charge < -0.3 is 45.7 Å². The number of aliphatic hydroxyl groups is 4. The fourth-order valence-electron chi connectivity index (χ4n) is 1.59. The summed E-state index contributed by atoms with van der Waals surface area (Å²) in [6, 6.07) is 0. The maximum absolute atomic E-state index is 11.1. The van der Waals surface area contributed by atoms with E-state index in [1.165, 1.54) is 6.92 Å². The van der Waals surface area contributed by atoms with Crippen molar-refractivity contribution in [3.8, 4) is 0 Å². The van der Waals surface area contributed by atoms with Crippen LogP contribution >= 0.6 is 0 Å². The topological polar surface area (TPSA) is 164 Å². The molecule has 1 amide bonds. The van der Waals surface area contributed by atoms with Gasteiger partial charge in [-0.2, -0.15) is 0 Å². The molecule has 0 aliphatic carbocycles. The van der Waals surface area contributed by atoms with Crippen LogP contribution in [-0.2, 0) is 19.0 Å². The van der Waals surface area contributed by atoms with Crippen LogP contribution in [0.4, 0.5) is 0 Å². The van der Waals surface area contributed by atoms with Gasteiger partial charge in [0.15, 0.2) is 6.29 Å². The molecule has 7 N–H and O–H groups in total. The first kappa shape index (κ1) is 22.7. The summed E-state index contributed by atoms with van der Waals surface area (Å²) in [6.07, 6.45) is -3.27. The Morgan fingerprint density at radius 2 is 1.71 bits per heavy atom. The molecule has 0 aromatic carbocycles. The Bertz CT molecular complexity index is 378. The van der Waals surface area contributed by atoms with Gasteiger partial charge in [-0.1, -0.05) is 0 Å². The average molecular weight is 352 g/mol. The van der Waals surface area contributed by atoms with Gasteiger partial charge in [-0.05, 0) is 0 Å². The van der Waals surface area contributed by atoms with Crippen LogP contribution in [0.25, 0.3) is 0 Å². The molecule has 10 heteroatoms. The third-order valence-electron chi connectivity index (χ3n) is 2.69. The minimum atomic E-state index is -1.67. The van der Waals surface area contributed by atoms with Gasteiger partial charge in [-0.25, -0.2) is 0 Å². The van der Waals surface area contributed by atoms with Crippen molar-refractivity contribution in [1.82, 2.24) is 5.32 Å². The smallest absolute Gasteiger partial charge is 0.221 e. The molecule has 0 aliphatic rings. The van der Waals surface area contributed by atoms with Crippen LogP contribution in [-0.4, -0.2) is 84.9 Å². The van der Waals surface area contributed by atoms with Gasteiger partial charge in [0.25, 0.3) is 0 Å². The zero-order chi connectivity index (χ0) is 18.4. The molecule has 0 radical (unpaired) electrons. The highest BCUT2D eigenvalue weighted by atomic mass is 16.6. The van der Waals surface area contributed by atoms with Crippen molar-refractivity contribution in [2.45, 2.75) is 25.7 Å². The number of amides is 1. The van der Waals surface area contributed by atoms with E-state index in [0.29, 0.717) is 26.4 Å². The SMILES string of the molecule is CC(=O)N/C(=C(\O)C(O)CCO)C(O)OCCOCCOCCN. The number of carbonyl (C=O) groups excluding carboxylic acids is 1. The first-order valence-electron chi connectivity index (χ1n) is 7.58. The largest absolute Gasteiger partial charge is 0.508 e. The predicted molar refractivity (Wildman–Crippen MR) is 83.8 cm³/mol. The van der Waals surface area contributed by atoms with E-state index in [1.54, 1.807) is 0 Å². The number of aliphatic hydroxyl groups excluding tert-OH is 4. The molecule has 0 aromatic rings. The third-order valence-corrected chi connectivity index (χ3v) is 2.69. The minimum absolute atomic E-state index is 0.0233. The number of nitrogens with two attached hydrogens (primary N) is 1. The van der Waals surface area contributed by atoms with Crippen LogP contribution in [0.3, 0.4) is 0 Å². The van der Waals surface area contributed by atoms with Crippen LogP contribution in [0.1, 0.15) is 13.3 Å². The third kappa shape index (κ3) is 10.5. The van der Waals surface area contributed by atoms with E-state index in [-0.39, 0.29) is 31.9 Å². The monoisotopic (exact) mass is 352 g/mol. The molecule has 10 nitrogen and oxygen atoms in total. The summed E-state index contributed by atoms with van der Waals surface area (Å²) in [4.78, 5) is 11.1. The van der Waals surface area contributed by atoms with Gasteiger partial charge >= 0.3 is 0 Å². The zero-order valence-corrected chi connectivity index (χ0v) is 13.8. The van der Waals surface area contributed by atoms with Gasteiger partial charge in [0.2, 0.25) is 5.91 Å². The summed E-state index contributed by atoms with van der Waals surface area (Å²) in [7, 11) is 0. The van der Waals surface area contributed by atoms with Crippen molar-refractivity contribution in [1.29, 1.82) is 0 Å². The summed E-state index contributed by atoms with van der Waals surface area (Å²) in [6.45, 7) is 2.50. The second kappa shape index (κ2) is 14.1. The van der Waals surface area contributed by atoms with Crippen LogP contribution in [0.15, 0.2) is 11.5 Å². The van der Waals surface area contributed by atoms with Gasteiger partial charge in [-0.3, -0.25) is 4.79 Å². The lowest BCUT2D eigenvalue weighted by atomic mass is 10.2. The Labute approximate surface area is 140 Å². The number of nitrogens with one attached hydrogen (secondary N) is 1. The second-order valence-corrected chi connectivity index (χ2v) is 4.74. The molecule has 0 fully saturated rings. The Morgan fingerprint density at radius 1 is 1.12 bits per heavy atom. The van der Waals surface area contributed by atoms with Crippen molar-refractivity contribution < 1.29 is 39.4 Å². The van der Waals surface area contributed by atoms with E-state index in [4.69, 9.17) is 25.1 Å². The molecule has 24 heavy (non-hydrogen) atoms. The summed E-state index contributed by atoms with van der Waals surface area (Å²) in [5, 5.41) is 40.3. The first-order chi connectivity index (χ1) is 11.4. The van der Waals surface area contributed by atoms with E-state index in [1.807, 2.05) is 0 Å². The molecule has 2 unspecified atom stereocenters. The second-order valence-electron chi connectivity index (χ2n) is 4.74. The fourth-order valence-corrected chi connectivity index (χ4v) is 1.59. The first-order valence-corrected chi connectivity index (χ1v) is 7.58. The summed E-state index contributed by atoms with van der Waals surface area (Å²) >= 11 is 0. The van der Waals surface area contributed by atoms with E-state index in [9.17, 15) is 20.1 Å². The Morgan fingerprint density at radius 3 is 2.25 bits per heavy atom. The zero-order valence-electron chi connectivity index (χ0n) is 13.8. The minimum Gasteiger partial charge on any atom is -0.508 e. The van der Waals surface area contributed by atoms with Gasteiger partial charge in [0.1, 0.15) is 17.6 Å². The molecule has 0 aliphatic heterocycles. The summed E-state index contributed by atoms with van der Waals surface area (Å²) in [5.74, 6) is -1.24. The lowest BCUT2D eigenvalue weighted by molar-refractivity contribution is -0.122. The van der Waals surface area contributed by atoms with Crippen molar-refractivity contribution in [3.63, 3.8) is 0 Å². The molecule has 0 aromatic heterocycles. The standard InChI is InChI=1S/C14H28N2O8/c1-10(18)16-12(13(20)11(19)2-4-17)14(21)24-9-8-23-7-6-22-5-3-15/h11,14,17,19-21H,2-9,15H2,1H3,(H,16,18)/b13-12-. The van der Waals surface area contributed by atoms with E-state index in [0.717, 1.165) is 0 Å². The number of carbonyl (C=O) groups is 1. The van der Waals surface area contributed by atoms with Crippen molar-refractivity contribution >= 4 is 5.91 Å². The molecular formula is C14H28N2O8. The van der Waals surface area contributed by atoms with E-state index >= 15 is 0 Å². The van der Waals surface area contributed by atoms with Crippen molar-refractivity contribution in [3.05, 3.63) is 11.5 Å². The highest BCUT2D eigenvalue weighted by Gasteiger charge is 2.22. The highest BCUT2D eigenvalue weighted by molar-refractivity contribution is 5.75. The Hall–Kier alpha value is -1.27. The quantitative estimate of drug-likeness (QED) is 0.117. The lowest BCUT2D eigenvalue weighted by Gasteiger charge is -2.20. The number of rotatable bonds is 14. The normalized spacial score (nSPS) is 14.9. The van der Waals surface area contributed by atoms with Crippen LogP contribution < -0.4 is 11.1 Å². The molecule has 0 spiro atoms. The van der Waals surface area contributed by atoms with E-state index < -0.39 is 24.1 Å². The molecule has 0 rings (SSSR count). The maximum Gasteiger partial charge on any atom is 0.221 e. The van der Waals surface area contributed by atoms with Gasteiger partial charge in [-0.15, -0.1) is 0 Å². The molecule has 0 saturated heterocycles. The summed E-state index contributed by atoms with van der Waals surface area (Å²) < 4.78 is 15.3. The molecular weight excluding hydrogens is 324 g/mol. The molecule has 142 valence electrons. The average Bonchev–Trinajstić information content (AvgIpc) is 2.54. The number of ether oxygens (including phenoxy) is 3. The highest BCUT2D eigenvalue weighted by Crippen LogP contribution is 2.12. The molecule has 0 bridgehead atoms. The van der Waals surface area contributed by atoms with Crippen LogP contribution in [0.5, 0.6) is 0 Å². The van der Waals surface area contributed by atoms with Crippen molar-refractivity contribution in [2.24, 2.45) is 5.73 Å². The van der Waals surface area contributed by atoms with Crippen LogP contribution in [0, 0.1) is 0 Å². The van der Waals surface area contributed by atoms with Crippen LogP contribution in [0.2, 0.25) is 0 Å². The van der Waals surface area contributed by atoms with Gasteiger partial charge in [0, 0.05) is 26.5 Å². The van der Waals surface area contributed by atoms with Gasteiger partial charge in [0.05, 0.1) is 33.0 Å². The maximum atomic E-state index is 11.1. The Balaban J connectivity index is 4.34.